The molecule has 3 nitrogen and oxygen atoms in total. The number of hydrogen-bond acceptors (Lipinski definition) is 2. The highest BCUT2D eigenvalue weighted by atomic mass is 35.5. The molecule has 0 spiro atoms. The van der Waals surface area contributed by atoms with Gasteiger partial charge in [-0.1, -0.05) is 25.4 Å². The molecule has 0 aliphatic carbocycles. The van der Waals surface area contributed by atoms with E-state index in [2.05, 4.69) is 24.3 Å². The molecule has 0 radical (unpaired) electrons. The average molecular weight is 216 g/mol. The van der Waals surface area contributed by atoms with Crippen LogP contribution in [0.4, 0.5) is 0 Å². The Labute approximate surface area is 90.4 Å². The summed E-state index contributed by atoms with van der Waals surface area (Å²) < 4.78 is 1.93. The van der Waals surface area contributed by atoms with Crippen molar-refractivity contribution in [2.45, 2.75) is 27.3 Å². The lowest BCUT2D eigenvalue weighted by Gasteiger charge is -2.08. The highest BCUT2D eigenvalue weighted by Crippen LogP contribution is 2.12. The van der Waals surface area contributed by atoms with Crippen molar-refractivity contribution < 1.29 is 0 Å². The number of nitrogens with zero attached hydrogens (tertiary/aromatic N) is 2. The Morgan fingerprint density at radius 2 is 2.29 bits per heavy atom. The summed E-state index contributed by atoms with van der Waals surface area (Å²) in [5, 5.41) is 8.29. The molecule has 0 atom stereocenters. The molecule has 1 aromatic heterocycles. The van der Waals surface area contributed by atoms with Gasteiger partial charge in [-0.15, -0.1) is 0 Å². The summed E-state index contributed by atoms with van der Waals surface area (Å²) >= 11 is 5.89. The van der Waals surface area contributed by atoms with Crippen LogP contribution in [0.5, 0.6) is 0 Å². The first-order valence-corrected chi connectivity index (χ1v) is 5.37. The number of hydrogen-bond donors (Lipinski definition) is 1. The van der Waals surface area contributed by atoms with Crippen molar-refractivity contribution in [3.63, 3.8) is 0 Å². The fraction of sp³-hybridized carbons (Fsp3) is 0.700. The standard InChI is InChI=1S/C10H18ClN3/c1-8(2)6-12-4-5-14-9(3)10(11)7-13-14/h7-8,12H,4-6H2,1-3H3. The number of halogens is 1. The van der Waals surface area contributed by atoms with Crippen LogP contribution in [0.15, 0.2) is 6.20 Å². The van der Waals surface area contributed by atoms with E-state index in [0.29, 0.717) is 5.92 Å². The van der Waals surface area contributed by atoms with Crippen molar-refractivity contribution in [3.05, 3.63) is 16.9 Å². The zero-order chi connectivity index (χ0) is 10.6. The van der Waals surface area contributed by atoms with Crippen LogP contribution in [0.2, 0.25) is 5.02 Å². The monoisotopic (exact) mass is 215 g/mol. The fourth-order valence-corrected chi connectivity index (χ4v) is 1.37. The van der Waals surface area contributed by atoms with Gasteiger partial charge in [-0.05, 0) is 19.4 Å². The van der Waals surface area contributed by atoms with Crippen LogP contribution in [0.3, 0.4) is 0 Å². The third-order valence-corrected chi connectivity index (χ3v) is 2.47. The van der Waals surface area contributed by atoms with Gasteiger partial charge in [0.1, 0.15) is 0 Å². The Bertz CT molecular complexity index is 281. The second-order valence-electron chi connectivity index (χ2n) is 3.90. The molecule has 0 unspecified atom stereocenters. The van der Waals surface area contributed by atoms with Gasteiger partial charge in [0.05, 0.1) is 23.5 Å². The zero-order valence-electron chi connectivity index (χ0n) is 9.05. The van der Waals surface area contributed by atoms with E-state index in [9.17, 15) is 0 Å². The maximum absolute atomic E-state index is 5.89. The molecule has 80 valence electrons. The third kappa shape index (κ3) is 3.31. The van der Waals surface area contributed by atoms with Crippen LogP contribution < -0.4 is 5.32 Å². The minimum absolute atomic E-state index is 0.692. The van der Waals surface area contributed by atoms with Gasteiger partial charge in [-0.3, -0.25) is 4.68 Å². The summed E-state index contributed by atoms with van der Waals surface area (Å²) in [5.74, 6) is 0.692. The Morgan fingerprint density at radius 1 is 1.57 bits per heavy atom. The molecular formula is C10H18ClN3. The predicted molar refractivity (Wildman–Crippen MR) is 59.7 cm³/mol. The molecule has 0 aliphatic rings. The topological polar surface area (TPSA) is 29.9 Å². The van der Waals surface area contributed by atoms with Gasteiger partial charge in [0.15, 0.2) is 0 Å². The Hall–Kier alpha value is -0.540. The molecule has 0 saturated heterocycles. The third-order valence-electron chi connectivity index (χ3n) is 2.10. The summed E-state index contributed by atoms with van der Waals surface area (Å²) in [4.78, 5) is 0. The van der Waals surface area contributed by atoms with E-state index < -0.39 is 0 Å². The maximum atomic E-state index is 5.89. The molecule has 1 N–H and O–H groups in total. The predicted octanol–water partition coefficient (Wildman–Crippen LogP) is 2.09. The average Bonchev–Trinajstić information content (AvgIpc) is 2.43. The summed E-state index contributed by atoms with van der Waals surface area (Å²) in [6.07, 6.45) is 1.69. The molecule has 0 bridgehead atoms. The molecule has 0 aromatic carbocycles. The smallest absolute Gasteiger partial charge is 0.0814 e. The van der Waals surface area contributed by atoms with E-state index in [-0.39, 0.29) is 0 Å². The normalized spacial score (nSPS) is 11.2. The molecule has 0 fully saturated rings. The summed E-state index contributed by atoms with van der Waals surface area (Å²) in [6.45, 7) is 9.25. The van der Waals surface area contributed by atoms with Crippen LogP contribution >= 0.6 is 11.6 Å². The lowest BCUT2D eigenvalue weighted by atomic mass is 10.2. The van der Waals surface area contributed by atoms with Crippen LogP contribution in [-0.4, -0.2) is 22.9 Å². The second kappa shape index (κ2) is 5.37. The lowest BCUT2D eigenvalue weighted by Crippen LogP contribution is -2.24. The van der Waals surface area contributed by atoms with Crippen molar-refractivity contribution in [2.24, 2.45) is 5.92 Å². The second-order valence-corrected chi connectivity index (χ2v) is 4.31. The minimum atomic E-state index is 0.692. The van der Waals surface area contributed by atoms with Crippen LogP contribution in [0.1, 0.15) is 19.5 Å². The molecule has 4 heteroatoms. The molecule has 14 heavy (non-hydrogen) atoms. The van der Waals surface area contributed by atoms with Crippen molar-refractivity contribution in [1.82, 2.24) is 15.1 Å². The van der Waals surface area contributed by atoms with E-state index in [1.54, 1.807) is 6.20 Å². The lowest BCUT2D eigenvalue weighted by molar-refractivity contribution is 0.501. The molecule has 1 heterocycles. The van der Waals surface area contributed by atoms with E-state index in [1.165, 1.54) is 0 Å². The SMILES string of the molecule is Cc1c(Cl)cnn1CCNCC(C)C. The molecular weight excluding hydrogens is 198 g/mol. The maximum Gasteiger partial charge on any atom is 0.0814 e. The van der Waals surface area contributed by atoms with E-state index in [4.69, 9.17) is 11.6 Å². The number of rotatable bonds is 5. The van der Waals surface area contributed by atoms with Crippen LogP contribution in [0.25, 0.3) is 0 Å². The van der Waals surface area contributed by atoms with Crippen molar-refractivity contribution in [3.8, 4) is 0 Å². The van der Waals surface area contributed by atoms with Gasteiger partial charge < -0.3 is 5.32 Å². The molecule has 0 aliphatic heterocycles. The zero-order valence-corrected chi connectivity index (χ0v) is 9.80. The van der Waals surface area contributed by atoms with E-state index >= 15 is 0 Å². The van der Waals surface area contributed by atoms with Gasteiger partial charge >= 0.3 is 0 Å². The molecule has 0 saturated carbocycles. The summed E-state index contributed by atoms with van der Waals surface area (Å²) in [7, 11) is 0. The Kier molecular flexibility index (Phi) is 4.42. The first kappa shape index (κ1) is 11.5. The van der Waals surface area contributed by atoms with Crippen LogP contribution in [-0.2, 0) is 6.54 Å². The van der Waals surface area contributed by atoms with Gasteiger partial charge in [0.25, 0.3) is 0 Å². The van der Waals surface area contributed by atoms with Crippen molar-refractivity contribution in [2.75, 3.05) is 13.1 Å². The Morgan fingerprint density at radius 3 is 2.79 bits per heavy atom. The molecule has 0 amide bonds. The van der Waals surface area contributed by atoms with Crippen molar-refractivity contribution in [1.29, 1.82) is 0 Å². The first-order chi connectivity index (χ1) is 6.61. The number of aromatic nitrogens is 2. The highest BCUT2D eigenvalue weighted by Gasteiger charge is 2.02. The fourth-order valence-electron chi connectivity index (χ4n) is 1.22. The van der Waals surface area contributed by atoms with Gasteiger partial charge in [0.2, 0.25) is 0 Å². The largest absolute Gasteiger partial charge is 0.315 e. The van der Waals surface area contributed by atoms with Gasteiger partial charge in [-0.2, -0.15) is 5.10 Å². The Balaban J connectivity index is 2.28. The molecule has 1 aromatic rings. The van der Waals surface area contributed by atoms with Crippen LogP contribution in [0, 0.1) is 12.8 Å². The van der Waals surface area contributed by atoms with E-state index in [1.807, 2.05) is 11.6 Å². The minimum Gasteiger partial charge on any atom is -0.315 e. The highest BCUT2D eigenvalue weighted by molar-refractivity contribution is 6.31. The summed E-state index contributed by atoms with van der Waals surface area (Å²) in [6, 6.07) is 0. The quantitative estimate of drug-likeness (QED) is 0.763. The molecule has 1 rings (SSSR count). The van der Waals surface area contributed by atoms with Gasteiger partial charge in [0, 0.05) is 6.54 Å². The summed E-state index contributed by atoms with van der Waals surface area (Å²) in [5.41, 5.74) is 1.04. The van der Waals surface area contributed by atoms with E-state index in [0.717, 1.165) is 30.4 Å². The van der Waals surface area contributed by atoms with Gasteiger partial charge in [-0.25, -0.2) is 0 Å². The first-order valence-electron chi connectivity index (χ1n) is 5.00. The number of nitrogens with one attached hydrogen (secondary N) is 1. The van der Waals surface area contributed by atoms with Crippen molar-refractivity contribution >= 4 is 11.6 Å².